The van der Waals surface area contributed by atoms with Crippen LogP contribution in [-0.4, -0.2) is 15.7 Å². The van der Waals surface area contributed by atoms with Gasteiger partial charge in [-0.15, -0.1) is 6.42 Å². The van der Waals surface area contributed by atoms with E-state index in [4.69, 9.17) is 6.42 Å². The first-order chi connectivity index (χ1) is 6.76. The lowest BCUT2D eigenvalue weighted by atomic mass is 10.2. The maximum atomic E-state index is 11.2. The van der Waals surface area contributed by atoms with Crippen molar-refractivity contribution in [3.8, 4) is 12.3 Å². The standard InChI is InChI=1S/C10H12N2OS/c1-3-5-8-7-9(13)12-10(11-8)14-6-4-2/h2,7H,3,5-6H2,1H3,(H,11,12,13). The molecule has 0 bridgehead atoms. The number of aromatic amines is 1. The molecule has 1 heterocycles. The predicted molar refractivity (Wildman–Crippen MR) is 58.4 cm³/mol. The molecule has 0 amide bonds. The van der Waals surface area contributed by atoms with Crippen molar-refractivity contribution in [1.29, 1.82) is 0 Å². The van der Waals surface area contributed by atoms with E-state index in [1.807, 2.05) is 0 Å². The van der Waals surface area contributed by atoms with E-state index in [9.17, 15) is 4.79 Å². The van der Waals surface area contributed by atoms with Gasteiger partial charge in [0.1, 0.15) is 0 Å². The van der Waals surface area contributed by atoms with Crippen LogP contribution in [0.1, 0.15) is 19.0 Å². The molecule has 0 aliphatic rings. The van der Waals surface area contributed by atoms with E-state index >= 15 is 0 Å². The molecule has 0 saturated heterocycles. The molecule has 0 radical (unpaired) electrons. The molecule has 3 nitrogen and oxygen atoms in total. The molecule has 1 rings (SSSR count). The number of rotatable bonds is 4. The average molecular weight is 208 g/mol. The van der Waals surface area contributed by atoms with E-state index in [2.05, 4.69) is 22.8 Å². The molecule has 0 atom stereocenters. The zero-order valence-corrected chi connectivity index (χ0v) is 8.86. The average Bonchev–Trinajstić information content (AvgIpc) is 2.14. The Kier molecular flexibility index (Phi) is 4.27. The van der Waals surface area contributed by atoms with Gasteiger partial charge in [0, 0.05) is 11.8 Å². The third-order valence-corrected chi connectivity index (χ3v) is 2.35. The normalized spacial score (nSPS) is 9.71. The van der Waals surface area contributed by atoms with Crippen LogP contribution >= 0.6 is 11.8 Å². The molecule has 0 aliphatic carbocycles. The van der Waals surface area contributed by atoms with E-state index in [-0.39, 0.29) is 5.56 Å². The van der Waals surface area contributed by atoms with E-state index in [1.54, 1.807) is 0 Å². The summed E-state index contributed by atoms with van der Waals surface area (Å²) in [6.07, 6.45) is 6.93. The lowest BCUT2D eigenvalue weighted by molar-refractivity contribution is 0.816. The fourth-order valence-corrected chi connectivity index (χ4v) is 1.62. The van der Waals surface area contributed by atoms with Crippen LogP contribution in [0.15, 0.2) is 16.0 Å². The van der Waals surface area contributed by atoms with Gasteiger partial charge < -0.3 is 4.98 Å². The second kappa shape index (κ2) is 5.51. The number of H-pyrrole nitrogens is 1. The van der Waals surface area contributed by atoms with Crippen molar-refractivity contribution >= 4 is 11.8 Å². The minimum Gasteiger partial charge on any atom is -0.301 e. The first-order valence-electron chi connectivity index (χ1n) is 4.42. The lowest BCUT2D eigenvalue weighted by Gasteiger charge is -2.00. The summed E-state index contributed by atoms with van der Waals surface area (Å²) in [6.45, 7) is 2.05. The van der Waals surface area contributed by atoms with Gasteiger partial charge in [0.25, 0.3) is 5.56 Å². The van der Waals surface area contributed by atoms with Crippen LogP contribution in [0, 0.1) is 12.3 Å². The largest absolute Gasteiger partial charge is 0.301 e. The van der Waals surface area contributed by atoms with E-state index in [0.717, 1.165) is 18.5 Å². The number of nitrogens with one attached hydrogen (secondary N) is 1. The minimum atomic E-state index is -0.108. The summed E-state index contributed by atoms with van der Waals surface area (Å²) in [4.78, 5) is 18.1. The van der Waals surface area contributed by atoms with Crippen LogP contribution in [0.5, 0.6) is 0 Å². The van der Waals surface area contributed by atoms with Crippen LogP contribution in [0.4, 0.5) is 0 Å². The van der Waals surface area contributed by atoms with Crippen LogP contribution < -0.4 is 5.56 Å². The van der Waals surface area contributed by atoms with Crippen molar-refractivity contribution in [3.05, 3.63) is 22.1 Å². The number of terminal acetylenes is 1. The quantitative estimate of drug-likeness (QED) is 0.463. The van der Waals surface area contributed by atoms with Crippen LogP contribution in [0.3, 0.4) is 0 Å². The number of aromatic nitrogens is 2. The fraction of sp³-hybridized carbons (Fsp3) is 0.400. The minimum absolute atomic E-state index is 0.108. The van der Waals surface area contributed by atoms with Gasteiger partial charge >= 0.3 is 0 Å². The predicted octanol–water partition coefficient (Wildman–Crippen LogP) is 1.45. The second-order valence-electron chi connectivity index (χ2n) is 2.78. The topological polar surface area (TPSA) is 45.8 Å². The van der Waals surface area contributed by atoms with Crippen LogP contribution in [-0.2, 0) is 6.42 Å². The Balaban J connectivity index is 2.85. The Labute approximate surface area is 87.3 Å². The molecule has 0 aromatic carbocycles. The van der Waals surface area contributed by atoms with Gasteiger partial charge in [-0.1, -0.05) is 31.0 Å². The maximum absolute atomic E-state index is 11.2. The first-order valence-corrected chi connectivity index (χ1v) is 5.41. The summed E-state index contributed by atoms with van der Waals surface area (Å²) in [5.74, 6) is 3.01. The lowest BCUT2D eigenvalue weighted by Crippen LogP contribution is -2.09. The van der Waals surface area contributed by atoms with Gasteiger partial charge in [-0.05, 0) is 6.42 Å². The molecule has 0 saturated carbocycles. The molecule has 0 spiro atoms. The van der Waals surface area contributed by atoms with Crippen molar-refractivity contribution < 1.29 is 0 Å². The number of nitrogens with zero attached hydrogens (tertiary/aromatic N) is 1. The van der Waals surface area contributed by atoms with Crippen molar-refractivity contribution in [1.82, 2.24) is 9.97 Å². The summed E-state index contributed by atoms with van der Waals surface area (Å²) in [7, 11) is 0. The molecule has 74 valence electrons. The molecule has 0 fully saturated rings. The van der Waals surface area contributed by atoms with Gasteiger partial charge in [0.2, 0.25) is 0 Å². The summed E-state index contributed by atoms with van der Waals surface area (Å²) >= 11 is 1.37. The molecule has 14 heavy (non-hydrogen) atoms. The Hall–Kier alpha value is -1.21. The van der Waals surface area contributed by atoms with Gasteiger partial charge in [0.15, 0.2) is 5.16 Å². The molecular formula is C10H12N2OS. The number of thioether (sulfide) groups is 1. The Morgan fingerprint density at radius 1 is 1.71 bits per heavy atom. The first kappa shape index (κ1) is 10.9. The van der Waals surface area contributed by atoms with E-state index < -0.39 is 0 Å². The summed E-state index contributed by atoms with van der Waals surface area (Å²) < 4.78 is 0. The van der Waals surface area contributed by atoms with Crippen molar-refractivity contribution in [2.24, 2.45) is 0 Å². The molecule has 1 aromatic heterocycles. The number of aryl methyl sites for hydroxylation is 1. The Morgan fingerprint density at radius 2 is 2.50 bits per heavy atom. The van der Waals surface area contributed by atoms with Gasteiger partial charge in [0.05, 0.1) is 5.75 Å². The van der Waals surface area contributed by atoms with Crippen LogP contribution in [0.25, 0.3) is 0 Å². The van der Waals surface area contributed by atoms with E-state index in [0.29, 0.717) is 10.9 Å². The monoisotopic (exact) mass is 208 g/mol. The highest BCUT2D eigenvalue weighted by Gasteiger charge is 2.00. The summed E-state index contributed by atoms with van der Waals surface area (Å²) in [5.41, 5.74) is 0.721. The second-order valence-corrected chi connectivity index (χ2v) is 3.75. The molecule has 1 N–H and O–H groups in total. The smallest absolute Gasteiger partial charge is 0.251 e. The molecule has 0 aliphatic heterocycles. The zero-order chi connectivity index (χ0) is 10.4. The number of hydrogen-bond donors (Lipinski definition) is 1. The van der Waals surface area contributed by atoms with Crippen molar-refractivity contribution in [2.75, 3.05) is 5.75 Å². The van der Waals surface area contributed by atoms with E-state index in [1.165, 1.54) is 17.8 Å². The molecule has 1 aromatic rings. The maximum Gasteiger partial charge on any atom is 0.251 e. The SMILES string of the molecule is C#CCSc1nc(CCC)cc(=O)[nH]1. The molecule has 0 unspecified atom stereocenters. The Morgan fingerprint density at radius 3 is 3.14 bits per heavy atom. The molecular weight excluding hydrogens is 196 g/mol. The molecule has 4 heteroatoms. The van der Waals surface area contributed by atoms with Gasteiger partial charge in [-0.25, -0.2) is 4.98 Å². The summed E-state index contributed by atoms with van der Waals surface area (Å²) in [6, 6.07) is 1.53. The Bertz CT molecular complexity index is 392. The van der Waals surface area contributed by atoms with Crippen molar-refractivity contribution in [3.63, 3.8) is 0 Å². The van der Waals surface area contributed by atoms with Gasteiger partial charge in [-0.2, -0.15) is 0 Å². The van der Waals surface area contributed by atoms with Crippen LogP contribution in [0.2, 0.25) is 0 Å². The number of hydrogen-bond acceptors (Lipinski definition) is 3. The highest BCUT2D eigenvalue weighted by molar-refractivity contribution is 7.99. The van der Waals surface area contributed by atoms with Crippen molar-refractivity contribution in [2.45, 2.75) is 24.9 Å². The zero-order valence-electron chi connectivity index (χ0n) is 8.04. The highest BCUT2D eigenvalue weighted by Crippen LogP contribution is 2.10. The third-order valence-electron chi connectivity index (χ3n) is 1.57. The summed E-state index contributed by atoms with van der Waals surface area (Å²) in [5, 5.41) is 0.610. The fourth-order valence-electron chi connectivity index (χ4n) is 1.05. The van der Waals surface area contributed by atoms with Gasteiger partial charge in [-0.3, -0.25) is 4.79 Å². The highest BCUT2D eigenvalue weighted by atomic mass is 32.2. The third kappa shape index (κ3) is 3.27.